The van der Waals surface area contributed by atoms with E-state index >= 15 is 0 Å². The maximum Gasteiger partial charge on any atom is 0.188 e. The molecule has 0 bridgehead atoms. The molecule has 104 valence electrons. The fourth-order valence-electron chi connectivity index (χ4n) is 2.42. The van der Waals surface area contributed by atoms with Crippen LogP contribution in [-0.2, 0) is 0 Å². The molecule has 1 aromatic heterocycles. The number of anilines is 1. The number of rotatable bonds is 2. The van der Waals surface area contributed by atoms with Gasteiger partial charge in [-0.2, -0.15) is 0 Å². The molecule has 0 aliphatic carbocycles. The second kappa shape index (κ2) is 5.44. The highest BCUT2D eigenvalue weighted by molar-refractivity contribution is 5.95. The first-order chi connectivity index (χ1) is 9.02. The Labute approximate surface area is 113 Å². The summed E-state index contributed by atoms with van der Waals surface area (Å²) in [5.74, 6) is 0.0390. The topological polar surface area (TPSA) is 78.0 Å². The summed E-state index contributed by atoms with van der Waals surface area (Å²) in [6.45, 7) is 6.35. The highest BCUT2D eigenvalue weighted by atomic mass is 16.4. The molecule has 6 heteroatoms. The van der Waals surface area contributed by atoms with Crippen LogP contribution in [0.15, 0.2) is 23.5 Å². The molecule has 6 nitrogen and oxygen atoms in total. The van der Waals surface area contributed by atoms with Crippen LogP contribution in [0.2, 0.25) is 0 Å². The third-order valence-corrected chi connectivity index (χ3v) is 3.84. The van der Waals surface area contributed by atoms with Gasteiger partial charge in [0.1, 0.15) is 5.69 Å². The molecule has 1 fully saturated rings. The summed E-state index contributed by atoms with van der Waals surface area (Å²) in [6, 6.07) is 4.80. The summed E-state index contributed by atoms with van der Waals surface area (Å²) in [5.41, 5.74) is 7.14. The van der Waals surface area contributed by atoms with E-state index in [-0.39, 0.29) is 5.84 Å². The van der Waals surface area contributed by atoms with Crippen LogP contribution < -0.4 is 10.6 Å². The molecule has 3 N–H and O–H groups in total. The summed E-state index contributed by atoms with van der Waals surface area (Å²) in [5, 5.41) is 11.7. The standard InChI is InChI=1S/C13H21N5O/c1-9-7-18(8-10(2)17(9)3)11-4-5-15-12(6-11)13(14)16-19/h4-6,9-10,19H,7-8H2,1-3H3,(H2,14,16). The van der Waals surface area contributed by atoms with Crippen LogP contribution in [0.1, 0.15) is 19.5 Å². The third kappa shape index (κ3) is 2.78. The minimum absolute atomic E-state index is 0.0390. The first kappa shape index (κ1) is 13.6. The van der Waals surface area contributed by atoms with Crippen molar-refractivity contribution in [1.29, 1.82) is 0 Å². The van der Waals surface area contributed by atoms with Crippen molar-refractivity contribution in [1.82, 2.24) is 9.88 Å². The Kier molecular flexibility index (Phi) is 3.90. The minimum atomic E-state index is 0.0390. The van der Waals surface area contributed by atoms with Crippen molar-refractivity contribution < 1.29 is 5.21 Å². The van der Waals surface area contributed by atoms with Crippen molar-refractivity contribution in [3.8, 4) is 0 Å². The van der Waals surface area contributed by atoms with Gasteiger partial charge >= 0.3 is 0 Å². The average Bonchev–Trinajstić information content (AvgIpc) is 2.43. The Bertz CT molecular complexity index is 464. The number of aromatic nitrogens is 1. The molecule has 0 spiro atoms. The van der Waals surface area contributed by atoms with Gasteiger partial charge < -0.3 is 15.8 Å². The van der Waals surface area contributed by atoms with E-state index in [1.54, 1.807) is 6.20 Å². The van der Waals surface area contributed by atoms with Gasteiger partial charge in [-0.15, -0.1) is 0 Å². The smallest absolute Gasteiger partial charge is 0.188 e. The molecular weight excluding hydrogens is 242 g/mol. The number of pyridine rings is 1. The molecule has 1 aromatic rings. The molecule has 0 radical (unpaired) electrons. The van der Waals surface area contributed by atoms with Gasteiger partial charge in [0.2, 0.25) is 0 Å². The number of piperazine rings is 1. The van der Waals surface area contributed by atoms with Crippen LogP contribution in [-0.4, -0.2) is 53.1 Å². The number of hydrogen-bond acceptors (Lipinski definition) is 5. The molecule has 19 heavy (non-hydrogen) atoms. The molecule has 0 saturated carbocycles. The second-order valence-corrected chi connectivity index (χ2v) is 5.15. The summed E-state index contributed by atoms with van der Waals surface area (Å²) in [4.78, 5) is 8.79. The van der Waals surface area contributed by atoms with E-state index in [1.807, 2.05) is 12.1 Å². The van der Waals surface area contributed by atoms with E-state index in [0.29, 0.717) is 17.8 Å². The van der Waals surface area contributed by atoms with Crippen LogP contribution >= 0.6 is 0 Å². The lowest BCUT2D eigenvalue weighted by molar-refractivity contribution is 0.170. The van der Waals surface area contributed by atoms with Crippen LogP contribution in [0.5, 0.6) is 0 Å². The molecule has 2 atom stereocenters. The highest BCUT2D eigenvalue weighted by Crippen LogP contribution is 2.21. The molecule has 1 aliphatic rings. The molecule has 2 unspecified atom stereocenters. The van der Waals surface area contributed by atoms with E-state index in [9.17, 15) is 0 Å². The lowest BCUT2D eigenvalue weighted by Crippen LogP contribution is -2.55. The molecule has 0 amide bonds. The molecule has 2 heterocycles. The Hall–Kier alpha value is -1.82. The van der Waals surface area contributed by atoms with Gasteiger partial charge in [0.15, 0.2) is 5.84 Å². The van der Waals surface area contributed by atoms with Crippen molar-refractivity contribution in [2.75, 3.05) is 25.0 Å². The molecule has 1 aliphatic heterocycles. The lowest BCUT2D eigenvalue weighted by atomic mass is 10.1. The number of oxime groups is 1. The van der Waals surface area contributed by atoms with E-state index in [1.165, 1.54) is 0 Å². The second-order valence-electron chi connectivity index (χ2n) is 5.15. The zero-order valence-corrected chi connectivity index (χ0v) is 11.6. The quantitative estimate of drug-likeness (QED) is 0.355. The maximum atomic E-state index is 8.71. The van der Waals surface area contributed by atoms with Gasteiger partial charge in [0.05, 0.1) is 0 Å². The number of nitrogens with two attached hydrogens (primary N) is 1. The van der Waals surface area contributed by atoms with E-state index < -0.39 is 0 Å². The number of likely N-dealkylation sites (N-methyl/N-ethyl adjacent to an activating group) is 1. The Morgan fingerprint density at radius 3 is 2.63 bits per heavy atom. The van der Waals surface area contributed by atoms with E-state index in [2.05, 4.69) is 40.8 Å². The van der Waals surface area contributed by atoms with Crippen molar-refractivity contribution in [2.45, 2.75) is 25.9 Å². The van der Waals surface area contributed by atoms with Crippen molar-refractivity contribution >= 4 is 11.5 Å². The zero-order chi connectivity index (χ0) is 14.0. The van der Waals surface area contributed by atoms with Gasteiger partial charge in [0, 0.05) is 37.1 Å². The van der Waals surface area contributed by atoms with Crippen LogP contribution in [0, 0.1) is 0 Å². The first-order valence-electron chi connectivity index (χ1n) is 6.43. The summed E-state index contributed by atoms with van der Waals surface area (Å²) in [7, 11) is 2.15. The van der Waals surface area contributed by atoms with Gasteiger partial charge in [-0.25, -0.2) is 0 Å². The Balaban J connectivity index is 2.23. The van der Waals surface area contributed by atoms with Gasteiger partial charge in [0.25, 0.3) is 0 Å². The fraction of sp³-hybridized carbons (Fsp3) is 0.538. The van der Waals surface area contributed by atoms with Crippen LogP contribution in [0.25, 0.3) is 0 Å². The van der Waals surface area contributed by atoms with Crippen LogP contribution in [0.3, 0.4) is 0 Å². The number of hydrogen-bond donors (Lipinski definition) is 2. The molecule has 1 saturated heterocycles. The van der Waals surface area contributed by atoms with E-state index in [0.717, 1.165) is 18.8 Å². The lowest BCUT2D eigenvalue weighted by Gasteiger charge is -2.43. The maximum absolute atomic E-state index is 8.71. The minimum Gasteiger partial charge on any atom is -0.409 e. The summed E-state index contributed by atoms with van der Waals surface area (Å²) < 4.78 is 0. The summed E-state index contributed by atoms with van der Waals surface area (Å²) >= 11 is 0. The van der Waals surface area contributed by atoms with Crippen molar-refractivity contribution in [3.63, 3.8) is 0 Å². The number of nitrogens with zero attached hydrogens (tertiary/aromatic N) is 4. The largest absolute Gasteiger partial charge is 0.409 e. The predicted molar refractivity (Wildman–Crippen MR) is 75.6 cm³/mol. The third-order valence-electron chi connectivity index (χ3n) is 3.84. The van der Waals surface area contributed by atoms with Crippen molar-refractivity contribution in [3.05, 3.63) is 24.0 Å². The molecule has 0 aromatic carbocycles. The SMILES string of the molecule is CC1CN(c2ccnc(/C(N)=N/O)c2)CC(C)N1C. The van der Waals surface area contributed by atoms with Gasteiger partial charge in [-0.05, 0) is 33.0 Å². The predicted octanol–water partition coefficient (Wildman–Crippen LogP) is 0.705. The number of amidine groups is 1. The van der Waals surface area contributed by atoms with Gasteiger partial charge in [-0.1, -0.05) is 5.16 Å². The molecular formula is C13H21N5O. The average molecular weight is 263 g/mol. The normalized spacial score (nSPS) is 25.6. The fourth-order valence-corrected chi connectivity index (χ4v) is 2.42. The van der Waals surface area contributed by atoms with Gasteiger partial charge in [-0.3, -0.25) is 9.88 Å². The van der Waals surface area contributed by atoms with Crippen LogP contribution in [0.4, 0.5) is 5.69 Å². The Morgan fingerprint density at radius 2 is 2.05 bits per heavy atom. The Morgan fingerprint density at radius 1 is 1.42 bits per heavy atom. The highest BCUT2D eigenvalue weighted by Gasteiger charge is 2.26. The summed E-state index contributed by atoms with van der Waals surface area (Å²) in [6.07, 6.45) is 1.69. The monoisotopic (exact) mass is 263 g/mol. The first-order valence-corrected chi connectivity index (χ1v) is 6.43. The molecule has 2 rings (SSSR count). The van der Waals surface area contributed by atoms with Crippen molar-refractivity contribution in [2.24, 2.45) is 10.9 Å². The van der Waals surface area contributed by atoms with E-state index in [4.69, 9.17) is 10.9 Å². The zero-order valence-electron chi connectivity index (χ0n) is 11.6.